The van der Waals surface area contributed by atoms with Crippen molar-refractivity contribution in [2.24, 2.45) is 11.8 Å². The number of nitrogens with zero attached hydrogens (tertiary/aromatic N) is 2. The van der Waals surface area contributed by atoms with Crippen molar-refractivity contribution < 1.29 is 23.2 Å². The summed E-state index contributed by atoms with van der Waals surface area (Å²) in [5.41, 5.74) is 0.379. The molecule has 6 nitrogen and oxygen atoms in total. The Balaban J connectivity index is 1.66. The predicted molar refractivity (Wildman–Crippen MR) is 106 cm³/mol. The van der Waals surface area contributed by atoms with Crippen LogP contribution in [0, 0.1) is 24.6 Å². The maximum absolute atomic E-state index is 14.8. The maximum Gasteiger partial charge on any atom is 0.295 e. The fourth-order valence-electron chi connectivity index (χ4n) is 4.71. The number of ketones is 1. The van der Waals surface area contributed by atoms with Crippen LogP contribution >= 0.6 is 11.6 Å². The summed E-state index contributed by atoms with van der Waals surface area (Å²) >= 11 is 6.45. The molecule has 0 radical (unpaired) electrons. The van der Waals surface area contributed by atoms with E-state index < -0.39 is 29.8 Å². The van der Waals surface area contributed by atoms with Gasteiger partial charge in [0.1, 0.15) is 17.7 Å². The molecule has 0 spiro atoms. The van der Waals surface area contributed by atoms with Gasteiger partial charge in [0.15, 0.2) is 17.4 Å². The molecule has 1 aliphatic carbocycles. The lowest BCUT2D eigenvalue weighted by molar-refractivity contribution is -0.132. The smallest absolute Gasteiger partial charge is 0.295 e. The Bertz CT molecular complexity index is 1080. The van der Waals surface area contributed by atoms with Crippen LogP contribution in [0.3, 0.4) is 0 Å². The molecule has 5 atom stereocenters. The normalized spacial score (nSPS) is 30.9. The summed E-state index contributed by atoms with van der Waals surface area (Å²) in [6.07, 6.45) is 0.636. The van der Waals surface area contributed by atoms with Gasteiger partial charge in [0, 0.05) is 17.0 Å². The summed E-state index contributed by atoms with van der Waals surface area (Å²) in [6, 6.07) is 6.71. The molecule has 30 heavy (non-hydrogen) atoms. The van der Waals surface area contributed by atoms with Crippen LogP contribution in [0.25, 0.3) is 0 Å². The zero-order chi connectivity index (χ0) is 21.2. The van der Waals surface area contributed by atoms with E-state index in [-0.39, 0.29) is 39.8 Å². The second-order valence-electron chi connectivity index (χ2n) is 8.23. The van der Waals surface area contributed by atoms with Gasteiger partial charge in [0.2, 0.25) is 0 Å². The minimum Gasteiger partial charge on any atom is -0.483 e. The second-order valence-corrected chi connectivity index (χ2v) is 8.79. The molecule has 1 aromatic heterocycles. The zero-order valence-electron chi connectivity index (χ0n) is 16.5. The summed E-state index contributed by atoms with van der Waals surface area (Å²) in [7, 11) is 0. The highest BCUT2D eigenvalue weighted by atomic mass is 35.5. The summed E-state index contributed by atoms with van der Waals surface area (Å²) in [6.45, 7) is 3.70. The zero-order valence-corrected chi connectivity index (χ0v) is 17.2. The molecule has 5 rings (SSSR count). The first-order valence-corrected chi connectivity index (χ1v) is 10.4. The number of rotatable bonds is 2. The highest BCUT2D eigenvalue weighted by Gasteiger charge is 2.55. The average molecular weight is 431 g/mol. The van der Waals surface area contributed by atoms with Gasteiger partial charge in [-0.1, -0.05) is 30.3 Å². The molecule has 1 fully saturated rings. The Morgan fingerprint density at radius 3 is 2.70 bits per heavy atom. The molecule has 3 aliphatic rings. The fourth-order valence-corrected chi connectivity index (χ4v) is 5.01. The summed E-state index contributed by atoms with van der Waals surface area (Å²) in [5.74, 6) is -0.841. The number of aromatic nitrogens is 1. The third kappa shape index (κ3) is 2.79. The molecule has 3 heterocycles. The van der Waals surface area contributed by atoms with E-state index in [2.05, 4.69) is 5.16 Å². The number of alkyl halides is 1. The number of halogens is 2. The van der Waals surface area contributed by atoms with Crippen LogP contribution in [0.5, 0.6) is 0 Å². The summed E-state index contributed by atoms with van der Waals surface area (Å²) in [5, 5.41) is 3.79. The Labute approximate surface area is 177 Å². The summed E-state index contributed by atoms with van der Waals surface area (Å²) in [4.78, 5) is 28.2. The number of benzene rings is 1. The highest BCUT2D eigenvalue weighted by Crippen LogP contribution is 2.49. The first-order valence-electron chi connectivity index (χ1n) is 9.97. The molecule has 2 aliphatic heterocycles. The minimum atomic E-state index is -0.972. The molecule has 1 amide bonds. The van der Waals surface area contributed by atoms with Gasteiger partial charge < -0.3 is 9.26 Å². The van der Waals surface area contributed by atoms with Crippen LogP contribution in [-0.2, 0) is 14.3 Å². The van der Waals surface area contributed by atoms with Crippen molar-refractivity contribution in [3.05, 3.63) is 58.8 Å². The largest absolute Gasteiger partial charge is 0.483 e. The first-order chi connectivity index (χ1) is 14.4. The van der Waals surface area contributed by atoms with Crippen LogP contribution in [0.15, 0.2) is 46.2 Å². The van der Waals surface area contributed by atoms with Gasteiger partial charge in [0.25, 0.3) is 5.91 Å². The number of carbonyl (C=O) groups is 2. The lowest BCUT2D eigenvalue weighted by Gasteiger charge is -2.39. The number of hydrogen-bond acceptors (Lipinski definition) is 5. The Morgan fingerprint density at radius 1 is 1.23 bits per heavy atom. The maximum atomic E-state index is 14.8. The van der Waals surface area contributed by atoms with Crippen molar-refractivity contribution in [1.29, 1.82) is 0 Å². The van der Waals surface area contributed by atoms with Gasteiger partial charge in [-0.15, -0.1) is 11.6 Å². The number of amides is 1. The van der Waals surface area contributed by atoms with E-state index in [1.54, 1.807) is 31.2 Å². The number of Topliss-reactive ketones (excluding diaryl/α,β-unsaturated/α-hetero) is 1. The van der Waals surface area contributed by atoms with Crippen LogP contribution < -0.4 is 4.90 Å². The highest BCUT2D eigenvalue weighted by molar-refractivity contribution is 6.21. The fraction of sp³-hybridized carbons (Fsp3) is 0.409. The first kappa shape index (κ1) is 19.3. The van der Waals surface area contributed by atoms with Gasteiger partial charge in [-0.05, 0) is 31.7 Å². The van der Waals surface area contributed by atoms with Crippen LogP contribution in [0.1, 0.15) is 37.1 Å². The second kappa shape index (κ2) is 6.94. The van der Waals surface area contributed by atoms with Gasteiger partial charge in [-0.3, -0.25) is 14.5 Å². The van der Waals surface area contributed by atoms with E-state index in [0.29, 0.717) is 18.6 Å². The molecule has 0 saturated heterocycles. The van der Waals surface area contributed by atoms with Crippen molar-refractivity contribution in [3.8, 4) is 0 Å². The molecule has 0 bridgehead atoms. The minimum absolute atomic E-state index is 0.0182. The number of anilines is 1. The molecule has 156 valence electrons. The Morgan fingerprint density at radius 2 is 2.00 bits per heavy atom. The third-order valence-electron chi connectivity index (χ3n) is 6.27. The summed E-state index contributed by atoms with van der Waals surface area (Å²) < 4.78 is 26.1. The molecular weight excluding hydrogens is 411 g/mol. The van der Waals surface area contributed by atoms with E-state index in [1.807, 2.05) is 6.92 Å². The van der Waals surface area contributed by atoms with Gasteiger partial charge in [0.05, 0.1) is 17.5 Å². The van der Waals surface area contributed by atoms with Crippen molar-refractivity contribution in [1.82, 2.24) is 5.16 Å². The van der Waals surface area contributed by atoms with E-state index >= 15 is 0 Å². The predicted octanol–water partition coefficient (Wildman–Crippen LogP) is 4.09. The van der Waals surface area contributed by atoms with Crippen LogP contribution in [-0.4, -0.2) is 28.3 Å². The molecule has 8 heteroatoms. The molecular formula is C22H20ClFN2O4. The van der Waals surface area contributed by atoms with E-state index in [9.17, 15) is 14.0 Å². The van der Waals surface area contributed by atoms with E-state index in [4.69, 9.17) is 20.9 Å². The lowest BCUT2D eigenvalue weighted by Crippen LogP contribution is -2.44. The van der Waals surface area contributed by atoms with Crippen molar-refractivity contribution in [3.63, 3.8) is 0 Å². The van der Waals surface area contributed by atoms with Crippen LogP contribution in [0.2, 0.25) is 0 Å². The molecule has 2 aromatic rings. The monoisotopic (exact) mass is 430 g/mol. The van der Waals surface area contributed by atoms with Crippen molar-refractivity contribution >= 4 is 29.1 Å². The SMILES string of the molecule is Cc1cc(N2C(=O)C3=C(C(=O)C4CC(Cl)C(C)CC4O3)C2c2ccccc2F)no1. The molecule has 1 aromatic carbocycles. The molecule has 1 saturated carbocycles. The molecule has 0 N–H and O–H groups in total. The standard InChI is InChI=1S/C22H20ClFN2O4/c1-10-7-16-13(9-14(10)23)20(27)18-19(12-5-3-4-6-15(12)24)26(22(28)21(18)29-16)17-8-11(2)30-25-17/h3-6,8,10,13-14,16,19H,7,9H2,1-2H3. The quantitative estimate of drug-likeness (QED) is 0.671. The number of carbonyl (C=O) groups excluding carboxylic acids is 2. The van der Waals surface area contributed by atoms with E-state index in [0.717, 1.165) is 0 Å². The number of aryl methyl sites for hydroxylation is 1. The lowest BCUT2D eigenvalue weighted by atomic mass is 9.74. The van der Waals surface area contributed by atoms with E-state index in [1.165, 1.54) is 11.0 Å². The Kier molecular flexibility index (Phi) is 4.47. The third-order valence-corrected chi connectivity index (χ3v) is 6.88. The van der Waals surface area contributed by atoms with Gasteiger partial charge in [-0.2, -0.15) is 0 Å². The van der Waals surface area contributed by atoms with Crippen LogP contribution in [0.4, 0.5) is 10.2 Å². The van der Waals surface area contributed by atoms with Gasteiger partial charge in [-0.25, -0.2) is 4.39 Å². The topological polar surface area (TPSA) is 72.6 Å². The van der Waals surface area contributed by atoms with Crippen molar-refractivity contribution in [2.75, 3.05) is 4.90 Å². The van der Waals surface area contributed by atoms with Crippen molar-refractivity contribution in [2.45, 2.75) is 44.2 Å². The average Bonchev–Trinajstić information content (AvgIpc) is 3.25. The number of ether oxygens (including phenoxy) is 1. The van der Waals surface area contributed by atoms with Gasteiger partial charge >= 0.3 is 0 Å². The Hall–Kier alpha value is -2.67. The number of hydrogen-bond donors (Lipinski definition) is 0. The number of fused-ring (bicyclic) bond motifs is 1. The molecule has 5 unspecified atom stereocenters.